The Kier molecular flexibility index (Phi) is 10.1. The van der Waals surface area contributed by atoms with Gasteiger partial charge in [-0.3, -0.25) is 0 Å². The molecule has 0 bridgehead atoms. The van der Waals surface area contributed by atoms with Gasteiger partial charge in [-0.2, -0.15) is 0 Å². The SMILES string of the molecule is C=CCC(C/C=C/C=C/C)(COCc1ccccc1)COCc1ccccc1. The van der Waals surface area contributed by atoms with E-state index in [1.54, 1.807) is 0 Å². The van der Waals surface area contributed by atoms with Crippen LogP contribution in [-0.2, 0) is 22.7 Å². The van der Waals surface area contributed by atoms with E-state index in [9.17, 15) is 0 Å². The third-order valence-electron chi connectivity index (χ3n) is 4.61. The number of ether oxygens (including phenoxy) is 2. The third-order valence-corrected chi connectivity index (χ3v) is 4.61. The quantitative estimate of drug-likeness (QED) is 0.293. The highest BCUT2D eigenvalue weighted by Crippen LogP contribution is 2.30. The van der Waals surface area contributed by atoms with Crippen molar-refractivity contribution in [2.24, 2.45) is 5.41 Å². The molecule has 2 nitrogen and oxygen atoms in total. The van der Waals surface area contributed by atoms with Gasteiger partial charge in [-0.05, 0) is 30.9 Å². The Morgan fingerprint density at radius 2 is 1.32 bits per heavy atom. The maximum atomic E-state index is 6.12. The molecule has 0 saturated carbocycles. The van der Waals surface area contributed by atoms with Gasteiger partial charge in [0, 0.05) is 5.41 Å². The van der Waals surface area contributed by atoms with Gasteiger partial charge in [0.05, 0.1) is 26.4 Å². The van der Waals surface area contributed by atoms with E-state index >= 15 is 0 Å². The summed E-state index contributed by atoms with van der Waals surface area (Å²) in [6, 6.07) is 20.6. The number of rotatable bonds is 13. The normalized spacial score (nSPS) is 12.0. The summed E-state index contributed by atoms with van der Waals surface area (Å²) in [5, 5.41) is 0. The molecule has 0 N–H and O–H groups in total. The van der Waals surface area contributed by atoms with Crippen LogP contribution in [0.25, 0.3) is 0 Å². The smallest absolute Gasteiger partial charge is 0.0717 e. The van der Waals surface area contributed by atoms with Crippen LogP contribution in [-0.4, -0.2) is 13.2 Å². The highest BCUT2D eigenvalue weighted by atomic mass is 16.5. The van der Waals surface area contributed by atoms with Crippen molar-refractivity contribution < 1.29 is 9.47 Å². The Hall–Kier alpha value is -2.42. The molecule has 2 aromatic carbocycles. The van der Waals surface area contributed by atoms with Gasteiger partial charge >= 0.3 is 0 Å². The topological polar surface area (TPSA) is 18.5 Å². The molecule has 0 spiro atoms. The summed E-state index contributed by atoms with van der Waals surface area (Å²) in [6.07, 6.45) is 12.1. The van der Waals surface area contributed by atoms with E-state index in [-0.39, 0.29) is 5.41 Å². The highest BCUT2D eigenvalue weighted by Gasteiger charge is 2.28. The first-order valence-electron chi connectivity index (χ1n) is 9.90. The lowest BCUT2D eigenvalue weighted by atomic mass is 9.82. The molecule has 0 aromatic heterocycles. The van der Waals surface area contributed by atoms with E-state index in [2.05, 4.69) is 43.0 Å². The van der Waals surface area contributed by atoms with Gasteiger partial charge in [-0.1, -0.05) is 91.0 Å². The van der Waals surface area contributed by atoms with Crippen LogP contribution in [0.4, 0.5) is 0 Å². The van der Waals surface area contributed by atoms with Crippen molar-refractivity contribution in [1.29, 1.82) is 0 Å². The molecule has 148 valence electrons. The summed E-state index contributed by atoms with van der Waals surface area (Å²) in [5.41, 5.74) is 2.25. The lowest BCUT2D eigenvalue weighted by molar-refractivity contribution is -0.0304. The predicted octanol–water partition coefficient (Wildman–Crippen LogP) is 6.50. The Morgan fingerprint density at radius 3 is 1.79 bits per heavy atom. The van der Waals surface area contributed by atoms with E-state index in [1.165, 1.54) is 11.1 Å². The third kappa shape index (κ3) is 8.08. The fourth-order valence-electron chi connectivity index (χ4n) is 3.09. The van der Waals surface area contributed by atoms with Crippen LogP contribution in [0.1, 0.15) is 30.9 Å². The van der Waals surface area contributed by atoms with Crippen LogP contribution in [0.2, 0.25) is 0 Å². The first-order chi connectivity index (χ1) is 13.8. The summed E-state index contributed by atoms with van der Waals surface area (Å²) in [7, 11) is 0. The Morgan fingerprint density at radius 1 is 0.786 bits per heavy atom. The molecule has 0 amide bonds. The fraction of sp³-hybridized carbons (Fsp3) is 0.308. The van der Waals surface area contributed by atoms with E-state index in [0.29, 0.717) is 26.4 Å². The fourth-order valence-corrected chi connectivity index (χ4v) is 3.09. The van der Waals surface area contributed by atoms with Gasteiger partial charge < -0.3 is 9.47 Å². The minimum Gasteiger partial charge on any atom is -0.376 e. The largest absolute Gasteiger partial charge is 0.376 e. The maximum Gasteiger partial charge on any atom is 0.0717 e. The Balaban J connectivity index is 2.00. The average Bonchev–Trinajstić information content (AvgIpc) is 2.73. The molecule has 0 heterocycles. The second-order valence-electron chi connectivity index (χ2n) is 7.11. The molecule has 0 aliphatic carbocycles. The summed E-state index contributed by atoms with van der Waals surface area (Å²) in [6.45, 7) is 8.47. The second kappa shape index (κ2) is 12.9. The van der Waals surface area contributed by atoms with Gasteiger partial charge in [0.15, 0.2) is 0 Å². The number of hydrogen-bond donors (Lipinski definition) is 0. The Labute approximate surface area is 170 Å². The lowest BCUT2D eigenvalue weighted by Crippen LogP contribution is -2.31. The molecule has 0 fully saturated rings. The van der Waals surface area contributed by atoms with Gasteiger partial charge in [0.2, 0.25) is 0 Å². The lowest BCUT2D eigenvalue weighted by Gasteiger charge is -2.31. The molecule has 0 aliphatic heterocycles. The van der Waals surface area contributed by atoms with Crippen molar-refractivity contribution in [2.75, 3.05) is 13.2 Å². The van der Waals surface area contributed by atoms with E-state index < -0.39 is 0 Å². The number of hydrogen-bond acceptors (Lipinski definition) is 2. The van der Waals surface area contributed by atoms with Crippen molar-refractivity contribution in [3.8, 4) is 0 Å². The minimum atomic E-state index is -0.122. The van der Waals surface area contributed by atoms with Crippen LogP contribution in [0, 0.1) is 5.41 Å². The average molecular weight is 377 g/mol. The van der Waals surface area contributed by atoms with Crippen molar-refractivity contribution >= 4 is 0 Å². The van der Waals surface area contributed by atoms with Crippen molar-refractivity contribution in [1.82, 2.24) is 0 Å². The van der Waals surface area contributed by atoms with Gasteiger partial charge in [-0.15, -0.1) is 6.58 Å². The number of benzene rings is 2. The summed E-state index contributed by atoms with van der Waals surface area (Å²) in [5.74, 6) is 0. The molecule has 2 aromatic rings. The van der Waals surface area contributed by atoms with Crippen molar-refractivity contribution in [3.63, 3.8) is 0 Å². The van der Waals surface area contributed by atoms with Gasteiger partial charge in [0.1, 0.15) is 0 Å². The first kappa shape index (κ1) is 21.9. The van der Waals surface area contributed by atoms with Crippen LogP contribution in [0.5, 0.6) is 0 Å². The van der Waals surface area contributed by atoms with E-state index in [1.807, 2.05) is 61.5 Å². The maximum absolute atomic E-state index is 6.12. The molecule has 0 aliphatic rings. The predicted molar refractivity (Wildman–Crippen MR) is 118 cm³/mol. The van der Waals surface area contributed by atoms with E-state index in [0.717, 1.165) is 12.8 Å². The zero-order chi connectivity index (χ0) is 19.9. The minimum absolute atomic E-state index is 0.122. The van der Waals surface area contributed by atoms with Crippen LogP contribution in [0.15, 0.2) is 97.6 Å². The van der Waals surface area contributed by atoms with Crippen molar-refractivity contribution in [3.05, 3.63) is 109 Å². The highest BCUT2D eigenvalue weighted by molar-refractivity contribution is 5.14. The summed E-state index contributed by atoms with van der Waals surface area (Å²) >= 11 is 0. The van der Waals surface area contributed by atoms with E-state index in [4.69, 9.17) is 9.47 Å². The molecular weight excluding hydrogens is 344 g/mol. The summed E-state index contributed by atoms with van der Waals surface area (Å²) < 4.78 is 12.2. The van der Waals surface area contributed by atoms with Gasteiger partial charge in [0.25, 0.3) is 0 Å². The first-order valence-corrected chi connectivity index (χ1v) is 9.90. The molecule has 28 heavy (non-hydrogen) atoms. The van der Waals surface area contributed by atoms with Crippen molar-refractivity contribution in [2.45, 2.75) is 33.0 Å². The molecule has 0 saturated heterocycles. The Bertz CT molecular complexity index is 671. The van der Waals surface area contributed by atoms with Crippen LogP contribution < -0.4 is 0 Å². The molecule has 0 atom stereocenters. The molecule has 0 unspecified atom stereocenters. The molecule has 2 rings (SSSR count). The molecule has 2 heteroatoms. The zero-order valence-corrected chi connectivity index (χ0v) is 16.9. The standard InChI is InChI=1S/C26H32O2/c1-3-5-6-13-19-26(18-4-2,22-27-20-24-14-9-7-10-15-24)23-28-21-25-16-11-8-12-17-25/h3-17H,2,18-23H2,1H3/b5-3+,13-6+. The van der Waals surface area contributed by atoms with Gasteiger partial charge in [-0.25, -0.2) is 0 Å². The monoisotopic (exact) mass is 376 g/mol. The molecular formula is C26H32O2. The second-order valence-corrected chi connectivity index (χ2v) is 7.11. The zero-order valence-electron chi connectivity index (χ0n) is 16.9. The summed E-state index contributed by atoms with van der Waals surface area (Å²) in [4.78, 5) is 0. The van der Waals surface area contributed by atoms with Crippen LogP contribution in [0.3, 0.4) is 0 Å². The van der Waals surface area contributed by atoms with Crippen LogP contribution >= 0.6 is 0 Å². The molecule has 0 radical (unpaired) electrons. The number of allylic oxidation sites excluding steroid dienone is 5.